The highest BCUT2D eigenvalue weighted by molar-refractivity contribution is 7.89. The summed E-state index contributed by atoms with van der Waals surface area (Å²) >= 11 is 0. The lowest BCUT2D eigenvalue weighted by Gasteiger charge is -2.33. The number of imide groups is 1. The number of benzene rings is 2. The molecule has 2 aromatic rings. The Balaban J connectivity index is 1.61. The van der Waals surface area contributed by atoms with Crippen molar-refractivity contribution >= 4 is 43.2 Å². The molecule has 1 aliphatic carbocycles. The van der Waals surface area contributed by atoms with E-state index in [9.17, 15) is 31.0 Å². The average molecular weight is 683 g/mol. The predicted molar refractivity (Wildman–Crippen MR) is 178 cm³/mol. The second kappa shape index (κ2) is 13.6. The number of nitrogens with zero attached hydrogens (tertiary/aromatic N) is 3. The molecule has 0 saturated heterocycles. The van der Waals surface area contributed by atoms with Gasteiger partial charge in [0.2, 0.25) is 10.0 Å². The van der Waals surface area contributed by atoms with Gasteiger partial charge < -0.3 is 9.64 Å². The van der Waals surface area contributed by atoms with Crippen molar-refractivity contribution in [1.82, 2.24) is 14.5 Å². The molecule has 0 bridgehead atoms. The first-order chi connectivity index (χ1) is 22.3. The fourth-order valence-corrected chi connectivity index (χ4v) is 7.85. The van der Waals surface area contributed by atoms with Crippen molar-refractivity contribution in [2.24, 2.45) is 0 Å². The van der Waals surface area contributed by atoms with Gasteiger partial charge in [0.1, 0.15) is 16.4 Å². The number of carbonyl (C=O) groups is 2. The molecule has 0 spiro atoms. The van der Waals surface area contributed by atoms with Crippen LogP contribution in [0.4, 0.5) is 5.69 Å². The fourth-order valence-electron chi connectivity index (χ4n) is 6.00. The summed E-state index contributed by atoms with van der Waals surface area (Å²) in [6, 6.07) is 9.08. The number of anilines is 1. The third-order valence-electron chi connectivity index (χ3n) is 8.47. The molecule has 0 fully saturated rings. The Bertz CT molecular complexity index is 1920. The van der Waals surface area contributed by atoms with Crippen LogP contribution in [-0.4, -0.2) is 88.3 Å². The molecule has 5 rings (SSSR count). The second-order valence-corrected chi connectivity index (χ2v) is 14.2. The number of hydrogen-bond acceptors (Lipinski definition) is 9. The van der Waals surface area contributed by atoms with Crippen molar-refractivity contribution in [3.05, 3.63) is 89.2 Å². The van der Waals surface area contributed by atoms with Gasteiger partial charge in [0.25, 0.3) is 21.9 Å². The molecule has 12 nitrogen and oxygen atoms in total. The van der Waals surface area contributed by atoms with Crippen LogP contribution >= 0.6 is 0 Å². The zero-order valence-corrected chi connectivity index (χ0v) is 28.3. The van der Waals surface area contributed by atoms with E-state index in [1.807, 2.05) is 50.3 Å². The zero-order chi connectivity index (χ0) is 34.1. The van der Waals surface area contributed by atoms with E-state index in [4.69, 9.17) is 4.74 Å². The zero-order valence-electron chi connectivity index (χ0n) is 26.6. The minimum absolute atomic E-state index is 0.0703. The maximum absolute atomic E-state index is 13.2. The van der Waals surface area contributed by atoms with Crippen molar-refractivity contribution in [1.29, 1.82) is 0 Å². The van der Waals surface area contributed by atoms with E-state index >= 15 is 0 Å². The number of allylic oxidation sites excluding steroid dienone is 1. The van der Waals surface area contributed by atoms with E-state index in [0.29, 0.717) is 28.2 Å². The van der Waals surface area contributed by atoms with Crippen molar-refractivity contribution < 1.29 is 35.7 Å². The van der Waals surface area contributed by atoms with Gasteiger partial charge >= 0.3 is 0 Å². The molecule has 2 N–H and O–H groups in total. The molecule has 2 aliphatic heterocycles. The standard InChI is InChI=1S/C33H38N4O8S2/c1-5-35(6-2)22-9-12-25-28(19-22)45-29-20-23(36(7-3)8-4)10-13-26(29)33(25)27-14-11-24(21-30(27)47(42,43)44)46(40,41)34-17-18-37-31(38)15-16-32(37)39/h9-16,19-22,34H,5-8,17-18H2,1-4H3,(H,42,43,44). The largest absolute Gasteiger partial charge is 0.456 e. The van der Waals surface area contributed by atoms with Crippen molar-refractivity contribution in [2.45, 2.75) is 43.5 Å². The maximum atomic E-state index is 13.2. The molecule has 2 amide bonds. The Morgan fingerprint density at radius 2 is 1.53 bits per heavy atom. The number of amides is 2. The number of fused-ring (bicyclic) bond motifs is 2. The van der Waals surface area contributed by atoms with Gasteiger partial charge in [0, 0.05) is 72.4 Å². The van der Waals surface area contributed by atoms with E-state index in [-0.39, 0.29) is 24.7 Å². The van der Waals surface area contributed by atoms with E-state index in [0.717, 1.165) is 55.0 Å². The van der Waals surface area contributed by atoms with E-state index in [1.165, 1.54) is 12.1 Å². The summed E-state index contributed by atoms with van der Waals surface area (Å²) in [4.78, 5) is 27.9. The fraction of sp³-hybridized carbons (Fsp3) is 0.333. The molecule has 0 aromatic heterocycles. The summed E-state index contributed by atoms with van der Waals surface area (Å²) in [5.74, 6) is -0.107. The van der Waals surface area contributed by atoms with Crippen LogP contribution in [0.15, 0.2) is 87.9 Å². The molecule has 14 heteroatoms. The number of rotatable bonds is 13. The molecular weight excluding hydrogens is 645 g/mol. The monoisotopic (exact) mass is 682 g/mol. The quantitative estimate of drug-likeness (QED) is 0.238. The lowest BCUT2D eigenvalue weighted by molar-refractivity contribution is -0.136. The average Bonchev–Trinajstić information content (AvgIpc) is 3.36. The van der Waals surface area contributed by atoms with Crippen LogP contribution in [0.3, 0.4) is 0 Å². The maximum Gasteiger partial charge on any atom is 0.295 e. The van der Waals surface area contributed by atoms with Gasteiger partial charge in [0.05, 0.1) is 10.9 Å². The van der Waals surface area contributed by atoms with Gasteiger partial charge in [-0.2, -0.15) is 8.42 Å². The molecule has 0 saturated carbocycles. The predicted octanol–water partition coefficient (Wildman–Crippen LogP) is 3.34. The lowest BCUT2D eigenvalue weighted by Crippen LogP contribution is -2.38. The number of hydrogen-bond donors (Lipinski definition) is 2. The van der Waals surface area contributed by atoms with E-state index in [1.54, 1.807) is 0 Å². The Morgan fingerprint density at radius 1 is 0.872 bits per heavy atom. The summed E-state index contributed by atoms with van der Waals surface area (Å²) in [6.45, 7) is 10.8. The number of likely N-dealkylation sites (N-methyl/N-ethyl adjacent to an activating group) is 1. The summed E-state index contributed by atoms with van der Waals surface area (Å²) < 4.78 is 71.5. The van der Waals surface area contributed by atoms with Crippen LogP contribution in [0, 0.1) is 0 Å². The molecule has 0 radical (unpaired) electrons. The topological polar surface area (TPSA) is 154 Å². The second-order valence-electron chi connectivity index (χ2n) is 11.0. The first kappa shape index (κ1) is 34.3. The molecular formula is C33H38N4O8S2. The Morgan fingerprint density at radius 3 is 2.15 bits per heavy atom. The third-order valence-corrected chi connectivity index (χ3v) is 10.8. The molecule has 1 atom stereocenters. The Hall–Kier alpha value is -4.08. The number of carbonyl (C=O) groups excluding carboxylic acids is 2. The normalized spacial score (nSPS) is 17.6. The van der Waals surface area contributed by atoms with E-state index in [2.05, 4.69) is 28.4 Å². The molecule has 2 heterocycles. The molecule has 47 heavy (non-hydrogen) atoms. The number of sulfonamides is 1. The first-order valence-electron chi connectivity index (χ1n) is 15.4. The van der Waals surface area contributed by atoms with Crippen LogP contribution in [0.2, 0.25) is 0 Å². The van der Waals surface area contributed by atoms with Crippen LogP contribution in [0.25, 0.3) is 5.57 Å². The Kier molecular flexibility index (Phi) is 9.89. The van der Waals surface area contributed by atoms with Gasteiger partial charge in [-0.05, 0) is 57.3 Å². The lowest BCUT2D eigenvalue weighted by atomic mass is 9.86. The summed E-state index contributed by atoms with van der Waals surface area (Å²) in [5.41, 5.74) is 2.63. The van der Waals surface area contributed by atoms with Gasteiger partial charge in [-0.1, -0.05) is 32.1 Å². The minimum atomic E-state index is -4.95. The highest BCUT2D eigenvalue weighted by Gasteiger charge is 2.33. The van der Waals surface area contributed by atoms with Crippen molar-refractivity contribution in [3.8, 4) is 5.75 Å². The molecule has 3 aliphatic rings. The molecule has 250 valence electrons. The highest BCUT2D eigenvalue weighted by Crippen LogP contribution is 2.46. The summed E-state index contributed by atoms with van der Waals surface area (Å²) in [5, 5.41) is 0. The highest BCUT2D eigenvalue weighted by atomic mass is 32.2. The SMILES string of the molecule is CCN(CC)c1ccc2c(c1)OC1=CC(N(CC)CC)C=CC1=C2c1ccc(S(=O)(=O)NCCN2C(=O)C=CC2=O)cc1S(=O)(=O)O. The van der Waals surface area contributed by atoms with Crippen molar-refractivity contribution in [3.63, 3.8) is 0 Å². The number of nitrogens with one attached hydrogen (secondary N) is 1. The first-order valence-corrected chi connectivity index (χ1v) is 18.4. The van der Waals surface area contributed by atoms with Gasteiger partial charge in [-0.15, -0.1) is 0 Å². The van der Waals surface area contributed by atoms with Crippen molar-refractivity contribution in [2.75, 3.05) is 44.2 Å². The molecule has 1 unspecified atom stereocenters. The van der Waals surface area contributed by atoms with Gasteiger partial charge in [0.15, 0.2) is 0 Å². The summed E-state index contributed by atoms with van der Waals surface area (Å²) in [6.07, 6.45) is 8.01. The van der Waals surface area contributed by atoms with Gasteiger partial charge in [-0.3, -0.25) is 23.9 Å². The van der Waals surface area contributed by atoms with Gasteiger partial charge in [-0.25, -0.2) is 13.1 Å². The number of ether oxygens (including phenoxy) is 1. The minimum Gasteiger partial charge on any atom is -0.456 e. The van der Waals surface area contributed by atoms with Crippen LogP contribution < -0.4 is 14.4 Å². The van der Waals surface area contributed by atoms with E-state index < -0.39 is 41.7 Å². The smallest absolute Gasteiger partial charge is 0.295 e. The molecule has 2 aromatic carbocycles. The third kappa shape index (κ3) is 6.83. The summed E-state index contributed by atoms with van der Waals surface area (Å²) in [7, 11) is -9.27. The van der Waals surface area contributed by atoms with Crippen LogP contribution in [0.5, 0.6) is 5.75 Å². The van der Waals surface area contributed by atoms with Crippen LogP contribution in [0.1, 0.15) is 38.8 Å². The van der Waals surface area contributed by atoms with Crippen LogP contribution in [-0.2, 0) is 29.7 Å². The Labute approximate surface area is 275 Å².